The molecule has 1 N–H and O–H groups in total. The summed E-state index contributed by atoms with van der Waals surface area (Å²) in [5.41, 5.74) is 4.16. The minimum absolute atomic E-state index is 0.255. The SMILES string of the molecule is CCC1CNc2cc(-c3nc(-c4cccnc4)cs3)ccc2O1. The van der Waals surface area contributed by atoms with Crippen LogP contribution in [0, 0.1) is 0 Å². The number of ether oxygens (including phenoxy) is 1. The van der Waals surface area contributed by atoms with Crippen LogP contribution in [0.25, 0.3) is 21.8 Å². The van der Waals surface area contributed by atoms with Crippen molar-refractivity contribution < 1.29 is 4.74 Å². The van der Waals surface area contributed by atoms with Crippen molar-refractivity contribution in [3.63, 3.8) is 0 Å². The Morgan fingerprint density at radius 1 is 1.30 bits per heavy atom. The van der Waals surface area contributed by atoms with Crippen LogP contribution in [0.4, 0.5) is 5.69 Å². The molecule has 4 rings (SSSR count). The van der Waals surface area contributed by atoms with Crippen molar-refractivity contribution >= 4 is 17.0 Å². The second kappa shape index (κ2) is 6.01. The summed E-state index contributed by atoms with van der Waals surface area (Å²) in [6.45, 7) is 2.99. The maximum Gasteiger partial charge on any atom is 0.142 e. The molecule has 0 bridgehead atoms. The number of nitrogens with zero attached hydrogens (tertiary/aromatic N) is 2. The standard InChI is InChI=1S/C18H17N3OS/c1-2-14-10-20-15-8-12(5-6-17(15)22-14)18-21-16(11-23-18)13-4-3-7-19-9-13/h3-9,11,14,20H,2,10H2,1H3. The summed E-state index contributed by atoms with van der Waals surface area (Å²) >= 11 is 1.65. The molecular weight excluding hydrogens is 306 g/mol. The summed E-state index contributed by atoms with van der Waals surface area (Å²) in [5, 5.41) is 6.53. The van der Waals surface area contributed by atoms with Crippen molar-refractivity contribution in [1.29, 1.82) is 0 Å². The van der Waals surface area contributed by atoms with Crippen LogP contribution in [-0.4, -0.2) is 22.6 Å². The maximum atomic E-state index is 5.96. The molecule has 1 aromatic carbocycles. The lowest BCUT2D eigenvalue weighted by Gasteiger charge is -2.26. The lowest BCUT2D eigenvalue weighted by molar-refractivity contribution is 0.202. The summed E-state index contributed by atoms with van der Waals surface area (Å²) in [5.74, 6) is 0.927. The maximum absolute atomic E-state index is 5.96. The van der Waals surface area contributed by atoms with Gasteiger partial charge in [0.1, 0.15) is 16.9 Å². The van der Waals surface area contributed by atoms with Crippen LogP contribution in [0.2, 0.25) is 0 Å². The predicted octanol–water partition coefficient (Wildman–Crippen LogP) is 4.46. The number of aromatic nitrogens is 2. The monoisotopic (exact) mass is 323 g/mol. The Morgan fingerprint density at radius 2 is 2.26 bits per heavy atom. The fourth-order valence-corrected chi connectivity index (χ4v) is 3.46. The number of pyridine rings is 1. The van der Waals surface area contributed by atoms with Gasteiger partial charge in [0.15, 0.2) is 0 Å². The number of nitrogens with one attached hydrogen (secondary N) is 1. The fraction of sp³-hybridized carbons (Fsp3) is 0.222. The van der Waals surface area contributed by atoms with Crippen molar-refractivity contribution in [2.24, 2.45) is 0 Å². The Hall–Kier alpha value is -2.40. The first-order valence-corrected chi connectivity index (χ1v) is 8.62. The summed E-state index contributed by atoms with van der Waals surface area (Å²) < 4.78 is 5.96. The van der Waals surface area contributed by atoms with Gasteiger partial charge in [-0.1, -0.05) is 6.92 Å². The third-order valence-corrected chi connectivity index (χ3v) is 4.85. The van der Waals surface area contributed by atoms with Gasteiger partial charge in [-0.05, 0) is 36.8 Å². The van der Waals surface area contributed by atoms with Crippen LogP contribution >= 0.6 is 11.3 Å². The van der Waals surface area contributed by atoms with E-state index in [1.54, 1.807) is 17.5 Å². The van der Waals surface area contributed by atoms with E-state index in [-0.39, 0.29) is 6.10 Å². The Bertz CT molecular complexity index is 816. The van der Waals surface area contributed by atoms with E-state index >= 15 is 0 Å². The Morgan fingerprint density at radius 3 is 3.09 bits per heavy atom. The van der Waals surface area contributed by atoms with Gasteiger partial charge in [0.2, 0.25) is 0 Å². The van der Waals surface area contributed by atoms with Gasteiger partial charge >= 0.3 is 0 Å². The molecule has 0 saturated heterocycles. The summed E-state index contributed by atoms with van der Waals surface area (Å²) in [7, 11) is 0. The number of anilines is 1. The molecule has 1 atom stereocenters. The van der Waals surface area contributed by atoms with Crippen LogP contribution in [0.1, 0.15) is 13.3 Å². The highest BCUT2D eigenvalue weighted by Gasteiger charge is 2.18. The van der Waals surface area contributed by atoms with Crippen molar-refractivity contribution in [1.82, 2.24) is 9.97 Å². The quantitative estimate of drug-likeness (QED) is 0.773. The molecule has 0 saturated carbocycles. The Kier molecular flexibility index (Phi) is 3.71. The third-order valence-electron chi connectivity index (χ3n) is 3.96. The molecule has 1 unspecified atom stereocenters. The topological polar surface area (TPSA) is 47.0 Å². The van der Waals surface area contributed by atoms with E-state index in [1.165, 1.54) is 0 Å². The number of fused-ring (bicyclic) bond motifs is 1. The van der Waals surface area contributed by atoms with Gasteiger partial charge in [0.05, 0.1) is 17.9 Å². The Labute approximate surface area is 139 Å². The van der Waals surface area contributed by atoms with Gasteiger partial charge in [-0.2, -0.15) is 0 Å². The minimum Gasteiger partial charge on any atom is -0.486 e. The van der Waals surface area contributed by atoms with Gasteiger partial charge in [0, 0.05) is 28.9 Å². The highest BCUT2D eigenvalue weighted by molar-refractivity contribution is 7.13. The van der Waals surface area contributed by atoms with Gasteiger partial charge in [-0.3, -0.25) is 4.98 Å². The molecule has 0 amide bonds. The number of hydrogen-bond acceptors (Lipinski definition) is 5. The number of benzene rings is 1. The van der Waals surface area contributed by atoms with Crippen molar-refractivity contribution in [2.45, 2.75) is 19.4 Å². The van der Waals surface area contributed by atoms with E-state index in [0.29, 0.717) is 0 Å². The van der Waals surface area contributed by atoms with Crippen LogP contribution in [0.15, 0.2) is 48.1 Å². The van der Waals surface area contributed by atoms with Gasteiger partial charge in [-0.15, -0.1) is 11.3 Å². The highest BCUT2D eigenvalue weighted by Crippen LogP contribution is 2.36. The zero-order chi connectivity index (χ0) is 15.6. The molecule has 2 aromatic heterocycles. The highest BCUT2D eigenvalue weighted by atomic mass is 32.1. The lowest BCUT2D eigenvalue weighted by atomic mass is 10.1. The van der Waals surface area contributed by atoms with E-state index in [9.17, 15) is 0 Å². The lowest BCUT2D eigenvalue weighted by Crippen LogP contribution is -2.29. The molecular formula is C18H17N3OS. The molecule has 1 aliphatic rings. The third kappa shape index (κ3) is 2.80. The van der Waals surface area contributed by atoms with Gasteiger partial charge in [0.25, 0.3) is 0 Å². The van der Waals surface area contributed by atoms with E-state index in [1.807, 2.05) is 24.4 Å². The number of hydrogen-bond donors (Lipinski definition) is 1. The van der Waals surface area contributed by atoms with Crippen LogP contribution in [0.3, 0.4) is 0 Å². The number of rotatable bonds is 3. The van der Waals surface area contributed by atoms with Crippen LogP contribution < -0.4 is 10.1 Å². The van der Waals surface area contributed by atoms with Crippen molar-refractivity contribution in [3.8, 4) is 27.6 Å². The first-order chi connectivity index (χ1) is 11.3. The zero-order valence-corrected chi connectivity index (χ0v) is 13.6. The van der Waals surface area contributed by atoms with Crippen LogP contribution in [-0.2, 0) is 0 Å². The minimum atomic E-state index is 0.255. The molecule has 4 nitrogen and oxygen atoms in total. The molecule has 116 valence electrons. The predicted molar refractivity (Wildman–Crippen MR) is 94.0 cm³/mol. The fourth-order valence-electron chi connectivity index (χ4n) is 2.63. The van der Waals surface area contributed by atoms with Gasteiger partial charge in [-0.25, -0.2) is 4.98 Å². The summed E-state index contributed by atoms with van der Waals surface area (Å²) in [4.78, 5) is 8.89. The van der Waals surface area contributed by atoms with Crippen LogP contribution in [0.5, 0.6) is 5.75 Å². The average molecular weight is 323 g/mol. The van der Waals surface area contributed by atoms with E-state index in [4.69, 9.17) is 9.72 Å². The van der Waals surface area contributed by atoms with E-state index in [0.717, 1.165) is 46.2 Å². The molecule has 0 spiro atoms. The molecule has 3 aromatic rings. The smallest absolute Gasteiger partial charge is 0.142 e. The number of thiazole rings is 1. The normalized spacial score (nSPS) is 16.3. The Balaban J connectivity index is 1.63. The zero-order valence-electron chi connectivity index (χ0n) is 12.8. The van der Waals surface area contributed by atoms with E-state index < -0.39 is 0 Å². The van der Waals surface area contributed by atoms with E-state index in [2.05, 4.69) is 34.7 Å². The molecule has 5 heteroatoms. The molecule has 0 aliphatic carbocycles. The first-order valence-electron chi connectivity index (χ1n) is 7.74. The first kappa shape index (κ1) is 14.2. The van der Waals surface area contributed by atoms with Crippen molar-refractivity contribution in [3.05, 3.63) is 48.1 Å². The second-order valence-corrected chi connectivity index (χ2v) is 6.38. The van der Waals surface area contributed by atoms with Gasteiger partial charge < -0.3 is 10.1 Å². The average Bonchev–Trinajstić information content (AvgIpc) is 3.11. The summed E-state index contributed by atoms with van der Waals surface area (Å²) in [6.07, 6.45) is 4.88. The second-order valence-electron chi connectivity index (χ2n) is 5.52. The molecule has 23 heavy (non-hydrogen) atoms. The largest absolute Gasteiger partial charge is 0.486 e. The molecule has 0 radical (unpaired) electrons. The molecule has 1 aliphatic heterocycles. The molecule has 3 heterocycles. The van der Waals surface area contributed by atoms with Crippen molar-refractivity contribution in [2.75, 3.05) is 11.9 Å². The molecule has 0 fully saturated rings. The summed E-state index contributed by atoms with van der Waals surface area (Å²) in [6, 6.07) is 10.2.